The van der Waals surface area contributed by atoms with Gasteiger partial charge in [-0.1, -0.05) is 0 Å². The van der Waals surface area contributed by atoms with Crippen molar-refractivity contribution in [2.45, 2.75) is 38.2 Å². The number of benzene rings is 1. The molecule has 28 heavy (non-hydrogen) atoms. The average Bonchev–Trinajstić information content (AvgIpc) is 3.03. The monoisotopic (exact) mass is 412 g/mol. The van der Waals surface area contributed by atoms with E-state index in [1.54, 1.807) is 0 Å². The van der Waals surface area contributed by atoms with Crippen LogP contribution in [0, 0.1) is 17.7 Å². The normalized spacial score (nSPS) is 26.7. The summed E-state index contributed by atoms with van der Waals surface area (Å²) >= 11 is 0. The number of nitrogens with one attached hydrogen (secondary N) is 1. The van der Waals surface area contributed by atoms with E-state index in [0.717, 1.165) is 22.9 Å². The van der Waals surface area contributed by atoms with Gasteiger partial charge in [-0.2, -0.15) is 12.7 Å². The Morgan fingerprint density at radius 2 is 1.71 bits per heavy atom. The van der Waals surface area contributed by atoms with E-state index in [4.69, 9.17) is 9.84 Å². The van der Waals surface area contributed by atoms with Gasteiger partial charge in [0.25, 0.3) is 5.91 Å². The summed E-state index contributed by atoms with van der Waals surface area (Å²) in [7, 11) is -4.05. The van der Waals surface area contributed by atoms with E-state index >= 15 is 0 Å². The first-order chi connectivity index (χ1) is 13.3. The van der Waals surface area contributed by atoms with Crippen molar-refractivity contribution < 1.29 is 32.2 Å². The van der Waals surface area contributed by atoms with E-state index in [-0.39, 0.29) is 11.7 Å². The highest BCUT2D eigenvalue weighted by atomic mass is 32.2. The number of carbonyl (C=O) groups is 2. The van der Waals surface area contributed by atoms with Gasteiger partial charge >= 0.3 is 16.2 Å². The minimum Gasteiger partial charge on any atom is -0.486 e. The van der Waals surface area contributed by atoms with Crippen LogP contribution in [-0.2, 0) is 10.2 Å². The van der Waals surface area contributed by atoms with E-state index in [1.165, 1.54) is 0 Å². The molecule has 1 aliphatic heterocycles. The van der Waals surface area contributed by atoms with Crippen LogP contribution in [0.25, 0.3) is 0 Å². The molecule has 10 heteroatoms. The van der Waals surface area contributed by atoms with Gasteiger partial charge in [-0.15, -0.1) is 0 Å². The van der Waals surface area contributed by atoms with Gasteiger partial charge in [-0.05, 0) is 56.1 Å². The lowest BCUT2D eigenvalue weighted by atomic mass is 10.1. The fourth-order valence-electron chi connectivity index (χ4n) is 4.10. The van der Waals surface area contributed by atoms with Crippen LogP contribution in [0.3, 0.4) is 0 Å². The Morgan fingerprint density at radius 1 is 1.11 bits per heavy atom. The first-order valence-electron chi connectivity index (χ1n) is 9.31. The number of hydrogen-bond donors (Lipinski definition) is 2. The number of nitrogens with zero attached hydrogens (tertiary/aromatic N) is 1. The SMILES string of the molecule is O=C(O)c1ccc(C(=O)NS(=O)(=O)N2CCCC2)c(OC2CC3CC3C2)c1F. The maximum Gasteiger partial charge on any atom is 0.338 e. The van der Waals surface area contributed by atoms with Crippen molar-refractivity contribution in [3.8, 4) is 5.75 Å². The average molecular weight is 412 g/mol. The second-order valence-corrected chi connectivity index (χ2v) is 9.29. The molecule has 1 heterocycles. The van der Waals surface area contributed by atoms with Crippen LogP contribution in [0.2, 0.25) is 0 Å². The zero-order valence-corrected chi connectivity index (χ0v) is 15.9. The number of carboxylic acids is 1. The molecule has 0 bridgehead atoms. The van der Waals surface area contributed by atoms with Gasteiger partial charge in [0.15, 0.2) is 11.6 Å². The second-order valence-electron chi connectivity index (χ2n) is 7.62. The number of ether oxygens (including phenoxy) is 1. The smallest absolute Gasteiger partial charge is 0.338 e. The Kier molecular flexibility index (Phi) is 4.78. The van der Waals surface area contributed by atoms with E-state index in [0.29, 0.717) is 50.6 Å². The first kappa shape index (κ1) is 19.1. The molecule has 4 rings (SSSR count). The molecule has 1 aromatic rings. The number of hydrogen-bond acceptors (Lipinski definition) is 5. The molecule has 2 atom stereocenters. The molecule has 0 radical (unpaired) electrons. The highest BCUT2D eigenvalue weighted by Gasteiger charge is 2.47. The highest BCUT2D eigenvalue weighted by Crippen LogP contribution is 2.52. The summed E-state index contributed by atoms with van der Waals surface area (Å²) in [6.07, 6.45) is 3.64. The third-order valence-corrected chi connectivity index (χ3v) is 7.17. The largest absolute Gasteiger partial charge is 0.486 e. The Labute approximate surface area is 161 Å². The summed E-state index contributed by atoms with van der Waals surface area (Å²) < 4.78 is 48.3. The lowest BCUT2D eigenvalue weighted by Gasteiger charge is -2.20. The number of carbonyl (C=O) groups excluding carboxylic acids is 1. The van der Waals surface area contributed by atoms with E-state index in [9.17, 15) is 22.4 Å². The van der Waals surface area contributed by atoms with Crippen molar-refractivity contribution in [2.75, 3.05) is 13.1 Å². The summed E-state index contributed by atoms with van der Waals surface area (Å²) in [5.41, 5.74) is -0.956. The summed E-state index contributed by atoms with van der Waals surface area (Å²) in [4.78, 5) is 23.9. The maximum atomic E-state index is 14.8. The molecule has 0 spiro atoms. The van der Waals surface area contributed by atoms with Crippen LogP contribution in [0.5, 0.6) is 5.75 Å². The van der Waals surface area contributed by atoms with Gasteiger partial charge in [0.1, 0.15) is 0 Å². The third kappa shape index (κ3) is 3.58. The zero-order valence-electron chi connectivity index (χ0n) is 15.1. The van der Waals surface area contributed by atoms with Gasteiger partial charge < -0.3 is 9.84 Å². The van der Waals surface area contributed by atoms with E-state index < -0.39 is 39.2 Å². The molecule has 0 aromatic heterocycles. The van der Waals surface area contributed by atoms with Gasteiger partial charge in [0, 0.05) is 13.1 Å². The van der Waals surface area contributed by atoms with Crippen LogP contribution >= 0.6 is 0 Å². The predicted octanol–water partition coefficient (Wildman–Crippen LogP) is 1.77. The quantitative estimate of drug-likeness (QED) is 0.736. The first-order valence-corrected chi connectivity index (χ1v) is 10.7. The Hall–Kier alpha value is -2.20. The lowest BCUT2D eigenvalue weighted by molar-refractivity contribution is 0.0688. The molecule has 1 aromatic carbocycles. The Bertz CT molecular complexity index is 918. The van der Waals surface area contributed by atoms with Crippen LogP contribution in [0.4, 0.5) is 4.39 Å². The number of rotatable bonds is 6. The van der Waals surface area contributed by atoms with E-state index in [1.807, 2.05) is 4.72 Å². The number of carboxylic acid groups (broad SMARTS) is 1. The zero-order chi connectivity index (χ0) is 20.1. The standard InChI is InChI=1S/C18H21FN2O6S/c19-15-13(18(23)24)3-4-14(16(15)27-12-8-10-7-11(10)9-12)17(22)20-28(25,26)21-5-1-2-6-21/h3-4,10-12H,1-2,5-9H2,(H,20,22)(H,23,24). The lowest BCUT2D eigenvalue weighted by Crippen LogP contribution is -2.42. The van der Waals surface area contributed by atoms with Gasteiger partial charge in [-0.25, -0.2) is 13.9 Å². The van der Waals surface area contributed by atoms with Crippen LogP contribution in [0.1, 0.15) is 52.8 Å². The molecule has 2 aliphatic carbocycles. The molecule has 2 saturated carbocycles. The van der Waals surface area contributed by atoms with Crippen molar-refractivity contribution in [1.29, 1.82) is 0 Å². The Balaban J connectivity index is 1.61. The minimum absolute atomic E-state index is 0.309. The van der Waals surface area contributed by atoms with Crippen LogP contribution in [0.15, 0.2) is 12.1 Å². The highest BCUT2D eigenvalue weighted by molar-refractivity contribution is 7.87. The third-order valence-electron chi connectivity index (χ3n) is 5.68. The molecule has 1 amide bonds. The Morgan fingerprint density at radius 3 is 2.32 bits per heavy atom. The molecule has 2 N–H and O–H groups in total. The van der Waals surface area contributed by atoms with Gasteiger partial charge in [0.05, 0.1) is 17.2 Å². The molecule has 152 valence electrons. The van der Waals surface area contributed by atoms with Gasteiger partial charge in [0.2, 0.25) is 0 Å². The van der Waals surface area contributed by atoms with Crippen molar-refractivity contribution >= 4 is 22.1 Å². The van der Waals surface area contributed by atoms with E-state index in [2.05, 4.69) is 0 Å². The predicted molar refractivity (Wildman–Crippen MR) is 95.8 cm³/mol. The van der Waals surface area contributed by atoms with Crippen molar-refractivity contribution in [3.05, 3.63) is 29.1 Å². The summed E-state index contributed by atoms with van der Waals surface area (Å²) in [5.74, 6) is -3.14. The fourth-order valence-corrected chi connectivity index (χ4v) is 5.31. The molecular weight excluding hydrogens is 391 g/mol. The topological polar surface area (TPSA) is 113 Å². The fraction of sp³-hybridized carbons (Fsp3) is 0.556. The molecule has 1 saturated heterocycles. The summed E-state index contributed by atoms with van der Waals surface area (Å²) in [6, 6.07) is 2.03. The molecule has 2 unspecified atom stereocenters. The molecular formula is C18H21FN2O6S. The summed E-state index contributed by atoms with van der Waals surface area (Å²) in [6.45, 7) is 0.617. The second kappa shape index (κ2) is 7.00. The van der Waals surface area contributed by atoms with Crippen molar-refractivity contribution in [3.63, 3.8) is 0 Å². The number of aromatic carboxylic acids is 1. The molecule has 3 fully saturated rings. The summed E-state index contributed by atoms with van der Waals surface area (Å²) in [5, 5.41) is 9.16. The molecule has 8 nitrogen and oxygen atoms in total. The van der Waals surface area contributed by atoms with Crippen molar-refractivity contribution in [1.82, 2.24) is 9.03 Å². The number of amides is 1. The van der Waals surface area contributed by atoms with Crippen molar-refractivity contribution in [2.24, 2.45) is 11.8 Å². The molecule has 3 aliphatic rings. The van der Waals surface area contributed by atoms with Gasteiger partial charge in [-0.3, -0.25) is 4.79 Å². The number of halogens is 1. The minimum atomic E-state index is -4.05. The maximum absolute atomic E-state index is 14.8. The number of fused-ring (bicyclic) bond motifs is 1. The van der Waals surface area contributed by atoms with Crippen LogP contribution < -0.4 is 9.46 Å². The van der Waals surface area contributed by atoms with Crippen LogP contribution in [-0.4, -0.2) is 48.9 Å².